The van der Waals surface area contributed by atoms with Gasteiger partial charge in [-0.15, -0.1) is 11.3 Å². The lowest BCUT2D eigenvalue weighted by molar-refractivity contribution is 0.280. The quantitative estimate of drug-likeness (QED) is 0.757. The monoisotopic (exact) mass is 240 g/mol. The van der Waals surface area contributed by atoms with Crippen LogP contribution < -0.4 is 5.73 Å². The first kappa shape index (κ1) is 13.7. The minimum Gasteiger partial charge on any atom is -0.330 e. The third-order valence-corrected chi connectivity index (χ3v) is 3.78. The highest BCUT2D eigenvalue weighted by molar-refractivity contribution is 7.09. The molecule has 16 heavy (non-hydrogen) atoms. The van der Waals surface area contributed by atoms with Crippen LogP contribution in [0, 0.1) is 5.92 Å². The van der Waals surface area contributed by atoms with Gasteiger partial charge in [0.25, 0.3) is 0 Å². The molecule has 1 heterocycles. The van der Waals surface area contributed by atoms with Gasteiger partial charge in [0.15, 0.2) is 0 Å². The molecule has 1 atom stereocenters. The number of nitrogens with zero attached hydrogens (tertiary/aromatic N) is 1. The molecule has 1 aromatic heterocycles. The molecule has 0 aliphatic carbocycles. The van der Waals surface area contributed by atoms with Crippen molar-refractivity contribution >= 4 is 11.3 Å². The first-order valence-corrected chi connectivity index (χ1v) is 7.01. The van der Waals surface area contributed by atoms with Gasteiger partial charge in [0.05, 0.1) is 0 Å². The number of likely N-dealkylation sites (N-methyl/N-ethyl adjacent to an activating group) is 1. The second kappa shape index (κ2) is 7.82. The Labute approximate surface area is 103 Å². The van der Waals surface area contributed by atoms with Crippen molar-refractivity contribution in [3.63, 3.8) is 0 Å². The first-order valence-electron chi connectivity index (χ1n) is 6.13. The van der Waals surface area contributed by atoms with Crippen LogP contribution in [0.15, 0.2) is 17.5 Å². The number of rotatable bonds is 8. The van der Waals surface area contributed by atoms with Crippen molar-refractivity contribution in [2.24, 2.45) is 11.7 Å². The van der Waals surface area contributed by atoms with E-state index >= 15 is 0 Å². The van der Waals surface area contributed by atoms with Crippen LogP contribution in [0.25, 0.3) is 0 Å². The van der Waals surface area contributed by atoms with Crippen molar-refractivity contribution < 1.29 is 0 Å². The molecule has 0 radical (unpaired) electrons. The Kier molecular flexibility index (Phi) is 6.69. The standard InChI is InChI=1S/C13H24N2S/c1-12(5-3-8-14)11-15(2)9-7-13-6-4-10-16-13/h4,6,10,12H,3,5,7-9,11,14H2,1-2H3. The minimum absolute atomic E-state index is 0.761. The largest absolute Gasteiger partial charge is 0.330 e. The van der Waals surface area contributed by atoms with Gasteiger partial charge in [-0.05, 0) is 50.2 Å². The van der Waals surface area contributed by atoms with Gasteiger partial charge in [0.2, 0.25) is 0 Å². The molecule has 92 valence electrons. The molecule has 0 fully saturated rings. The number of hydrogen-bond donors (Lipinski definition) is 1. The van der Waals surface area contributed by atoms with E-state index in [1.54, 1.807) is 0 Å². The van der Waals surface area contributed by atoms with Crippen LogP contribution in [0.2, 0.25) is 0 Å². The summed E-state index contributed by atoms with van der Waals surface area (Å²) < 4.78 is 0. The molecule has 2 N–H and O–H groups in total. The molecule has 0 amide bonds. The maximum Gasteiger partial charge on any atom is 0.00579 e. The van der Waals surface area contributed by atoms with E-state index in [4.69, 9.17) is 5.73 Å². The Balaban J connectivity index is 2.12. The molecule has 1 aromatic rings. The van der Waals surface area contributed by atoms with Gasteiger partial charge in [0, 0.05) is 18.0 Å². The van der Waals surface area contributed by atoms with Gasteiger partial charge in [-0.2, -0.15) is 0 Å². The zero-order chi connectivity index (χ0) is 11.8. The molecule has 3 heteroatoms. The lowest BCUT2D eigenvalue weighted by Gasteiger charge is -2.20. The number of thiophene rings is 1. The van der Waals surface area contributed by atoms with Crippen LogP contribution in [0.5, 0.6) is 0 Å². The van der Waals surface area contributed by atoms with Crippen LogP contribution in [-0.4, -0.2) is 31.6 Å². The zero-order valence-electron chi connectivity index (χ0n) is 10.5. The predicted octanol–water partition coefficient (Wildman–Crippen LogP) is 2.60. The SMILES string of the molecule is CC(CCCN)CN(C)CCc1cccs1. The molecule has 0 spiro atoms. The van der Waals surface area contributed by atoms with Crippen LogP contribution in [0.1, 0.15) is 24.6 Å². The summed E-state index contributed by atoms with van der Waals surface area (Å²) in [6, 6.07) is 4.35. The highest BCUT2D eigenvalue weighted by Crippen LogP contribution is 2.11. The highest BCUT2D eigenvalue weighted by Gasteiger charge is 2.06. The number of nitrogens with two attached hydrogens (primary N) is 1. The van der Waals surface area contributed by atoms with Crippen molar-refractivity contribution in [3.8, 4) is 0 Å². The fourth-order valence-corrected chi connectivity index (χ4v) is 2.64. The van der Waals surface area contributed by atoms with Crippen LogP contribution in [0.4, 0.5) is 0 Å². The normalized spacial score (nSPS) is 13.2. The Bertz CT molecular complexity index is 259. The molecular formula is C13H24N2S. The summed E-state index contributed by atoms with van der Waals surface area (Å²) >= 11 is 1.85. The Morgan fingerprint density at radius 2 is 2.31 bits per heavy atom. The molecule has 0 bridgehead atoms. The number of hydrogen-bond acceptors (Lipinski definition) is 3. The lowest BCUT2D eigenvalue weighted by Crippen LogP contribution is -2.26. The highest BCUT2D eigenvalue weighted by atomic mass is 32.1. The Morgan fingerprint density at radius 1 is 1.50 bits per heavy atom. The molecule has 2 nitrogen and oxygen atoms in total. The van der Waals surface area contributed by atoms with Gasteiger partial charge < -0.3 is 10.6 Å². The third-order valence-electron chi connectivity index (χ3n) is 2.84. The van der Waals surface area contributed by atoms with E-state index in [-0.39, 0.29) is 0 Å². The second-order valence-corrected chi connectivity index (χ2v) is 5.66. The van der Waals surface area contributed by atoms with Crippen molar-refractivity contribution in [1.82, 2.24) is 4.90 Å². The van der Waals surface area contributed by atoms with Crippen LogP contribution >= 0.6 is 11.3 Å². The molecule has 0 aliphatic rings. The first-order chi connectivity index (χ1) is 7.72. The van der Waals surface area contributed by atoms with Gasteiger partial charge in [-0.1, -0.05) is 13.0 Å². The minimum atomic E-state index is 0.761. The van der Waals surface area contributed by atoms with E-state index in [9.17, 15) is 0 Å². The summed E-state index contributed by atoms with van der Waals surface area (Å²) in [5.41, 5.74) is 5.52. The van der Waals surface area contributed by atoms with Gasteiger partial charge in [0.1, 0.15) is 0 Å². The maximum absolute atomic E-state index is 5.52. The molecule has 0 aromatic carbocycles. The van der Waals surface area contributed by atoms with Crippen LogP contribution in [0.3, 0.4) is 0 Å². The summed E-state index contributed by atoms with van der Waals surface area (Å²) in [5, 5.41) is 2.15. The van der Waals surface area contributed by atoms with Crippen molar-refractivity contribution in [2.45, 2.75) is 26.2 Å². The topological polar surface area (TPSA) is 29.3 Å². The maximum atomic E-state index is 5.52. The summed E-state index contributed by atoms with van der Waals surface area (Å²) in [5.74, 6) is 0.761. The van der Waals surface area contributed by atoms with E-state index in [0.717, 1.165) is 25.4 Å². The van der Waals surface area contributed by atoms with E-state index in [1.807, 2.05) is 11.3 Å². The average Bonchev–Trinajstić information content (AvgIpc) is 2.76. The van der Waals surface area contributed by atoms with Gasteiger partial charge >= 0.3 is 0 Å². The molecule has 0 aliphatic heterocycles. The fourth-order valence-electron chi connectivity index (χ4n) is 1.94. The molecule has 1 rings (SSSR count). The molecular weight excluding hydrogens is 216 g/mol. The smallest absolute Gasteiger partial charge is 0.00579 e. The summed E-state index contributed by atoms with van der Waals surface area (Å²) in [7, 11) is 2.21. The third kappa shape index (κ3) is 5.64. The molecule has 0 saturated carbocycles. The van der Waals surface area contributed by atoms with E-state index < -0.39 is 0 Å². The molecule has 1 unspecified atom stereocenters. The van der Waals surface area contributed by atoms with Gasteiger partial charge in [-0.25, -0.2) is 0 Å². The summed E-state index contributed by atoms with van der Waals surface area (Å²) in [4.78, 5) is 3.92. The molecule has 0 saturated heterocycles. The fraction of sp³-hybridized carbons (Fsp3) is 0.692. The predicted molar refractivity (Wildman–Crippen MR) is 73.0 cm³/mol. The van der Waals surface area contributed by atoms with Crippen molar-refractivity contribution in [2.75, 3.05) is 26.7 Å². The summed E-state index contributed by atoms with van der Waals surface area (Å²) in [6.07, 6.45) is 3.58. The van der Waals surface area contributed by atoms with Gasteiger partial charge in [-0.3, -0.25) is 0 Å². The zero-order valence-corrected chi connectivity index (χ0v) is 11.3. The van der Waals surface area contributed by atoms with Crippen LogP contribution in [-0.2, 0) is 6.42 Å². The van der Waals surface area contributed by atoms with Crippen molar-refractivity contribution in [3.05, 3.63) is 22.4 Å². The van der Waals surface area contributed by atoms with E-state index in [2.05, 4.69) is 36.4 Å². The van der Waals surface area contributed by atoms with E-state index in [1.165, 1.54) is 24.3 Å². The Hall–Kier alpha value is -0.380. The second-order valence-electron chi connectivity index (χ2n) is 4.63. The average molecular weight is 240 g/mol. The van der Waals surface area contributed by atoms with E-state index in [0.29, 0.717) is 0 Å². The lowest BCUT2D eigenvalue weighted by atomic mass is 10.1. The summed E-state index contributed by atoms with van der Waals surface area (Å²) in [6.45, 7) is 5.49. The van der Waals surface area contributed by atoms with Crippen molar-refractivity contribution in [1.29, 1.82) is 0 Å². The Morgan fingerprint density at radius 3 is 2.94 bits per heavy atom.